The number of halogens is 1. The number of nitrogens with one attached hydrogen (secondary N) is 1. The molecule has 0 aromatic heterocycles. The Hall–Kier alpha value is -2.15. The Morgan fingerprint density at radius 3 is 2.63 bits per heavy atom. The molecule has 1 rings (SSSR count). The summed E-state index contributed by atoms with van der Waals surface area (Å²) in [5.74, 6) is -1.95. The van der Waals surface area contributed by atoms with Crippen molar-refractivity contribution in [3.63, 3.8) is 0 Å². The molecule has 6 nitrogen and oxygen atoms in total. The van der Waals surface area contributed by atoms with Gasteiger partial charge in [0.05, 0.1) is 17.4 Å². The number of hydrogen-bond acceptors (Lipinski definition) is 3. The van der Waals surface area contributed by atoms with Crippen molar-refractivity contribution in [2.24, 2.45) is 0 Å². The molecule has 1 aromatic rings. The predicted octanol–water partition coefficient (Wildman–Crippen LogP) is 1.37. The Labute approximate surface area is 109 Å². The molecule has 1 aromatic carbocycles. The van der Waals surface area contributed by atoms with Gasteiger partial charge in [-0.1, -0.05) is 0 Å². The van der Waals surface area contributed by atoms with Crippen molar-refractivity contribution in [2.45, 2.75) is 13.0 Å². The van der Waals surface area contributed by atoms with E-state index in [1.54, 1.807) is 0 Å². The number of benzene rings is 1. The van der Waals surface area contributed by atoms with Crippen LogP contribution >= 0.6 is 0 Å². The lowest BCUT2D eigenvalue weighted by Gasteiger charge is -2.19. The normalized spacial score (nSPS) is 11.8. The van der Waals surface area contributed by atoms with E-state index in [0.717, 1.165) is 23.1 Å². The van der Waals surface area contributed by atoms with E-state index in [4.69, 9.17) is 10.2 Å². The number of carbonyl (C=O) groups excluding carboxylic acids is 1. The van der Waals surface area contributed by atoms with Crippen molar-refractivity contribution in [3.05, 3.63) is 29.6 Å². The second-order valence-electron chi connectivity index (χ2n) is 4.16. The highest BCUT2D eigenvalue weighted by atomic mass is 19.1. The molecule has 0 aliphatic heterocycles. The highest BCUT2D eigenvalue weighted by molar-refractivity contribution is 5.93. The van der Waals surface area contributed by atoms with E-state index < -0.39 is 23.9 Å². The van der Waals surface area contributed by atoms with Crippen LogP contribution in [0.15, 0.2) is 18.2 Å². The molecule has 0 aliphatic rings. The minimum Gasteiger partial charge on any atom is -0.478 e. The number of aliphatic hydroxyl groups is 1. The lowest BCUT2D eigenvalue weighted by atomic mass is 10.2. The van der Waals surface area contributed by atoms with Gasteiger partial charge in [0.15, 0.2) is 0 Å². The van der Waals surface area contributed by atoms with Crippen molar-refractivity contribution in [3.8, 4) is 0 Å². The van der Waals surface area contributed by atoms with Crippen LogP contribution in [0.4, 0.5) is 14.9 Å². The number of rotatable bonds is 4. The van der Waals surface area contributed by atoms with Crippen LogP contribution in [0.25, 0.3) is 0 Å². The number of aromatic carboxylic acids is 1. The maximum Gasteiger partial charge on any atom is 0.335 e. The van der Waals surface area contributed by atoms with E-state index >= 15 is 0 Å². The van der Waals surface area contributed by atoms with E-state index in [1.807, 2.05) is 0 Å². The molecule has 2 amide bonds. The topological polar surface area (TPSA) is 89.9 Å². The molecule has 0 bridgehead atoms. The minimum absolute atomic E-state index is 0.0755. The number of carboxylic acid groups (broad SMARTS) is 1. The number of aliphatic hydroxyl groups excluding tert-OH is 1. The van der Waals surface area contributed by atoms with Gasteiger partial charge < -0.3 is 20.4 Å². The summed E-state index contributed by atoms with van der Waals surface area (Å²) >= 11 is 0. The average Bonchev–Trinajstić information content (AvgIpc) is 2.30. The Kier molecular flexibility index (Phi) is 4.82. The van der Waals surface area contributed by atoms with Crippen LogP contribution in [-0.2, 0) is 0 Å². The lowest BCUT2D eigenvalue weighted by molar-refractivity contribution is 0.0697. The van der Waals surface area contributed by atoms with Crippen LogP contribution in [0.5, 0.6) is 0 Å². The molecule has 3 N–H and O–H groups in total. The van der Waals surface area contributed by atoms with Gasteiger partial charge in [0.25, 0.3) is 0 Å². The zero-order valence-corrected chi connectivity index (χ0v) is 10.6. The number of anilines is 1. The first-order chi connectivity index (χ1) is 8.81. The molecule has 0 aliphatic carbocycles. The Bertz CT molecular complexity index is 491. The third kappa shape index (κ3) is 4.22. The SMILES string of the molecule is CC(O)CN(C)C(=O)Nc1cc(C(=O)O)ccc1F. The van der Waals surface area contributed by atoms with Crippen LogP contribution < -0.4 is 5.32 Å². The number of nitrogens with zero attached hydrogens (tertiary/aromatic N) is 1. The third-order valence-electron chi connectivity index (χ3n) is 2.34. The minimum atomic E-state index is -1.21. The fraction of sp³-hybridized carbons (Fsp3) is 0.333. The maximum atomic E-state index is 13.4. The molecule has 0 spiro atoms. The molecule has 0 heterocycles. The molecule has 1 atom stereocenters. The molecule has 104 valence electrons. The van der Waals surface area contributed by atoms with Crippen LogP contribution in [-0.4, -0.2) is 46.8 Å². The van der Waals surface area contributed by atoms with Crippen LogP contribution in [0, 0.1) is 5.82 Å². The van der Waals surface area contributed by atoms with Gasteiger partial charge in [0.1, 0.15) is 5.82 Å². The number of urea groups is 1. The van der Waals surface area contributed by atoms with Crippen molar-refractivity contribution in [1.82, 2.24) is 4.90 Å². The second kappa shape index (κ2) is 6.14. The van der Waals surface area contributed by atoms with Gasteiger partial charge in [-0.2, -0.15) is 0 Å². The highest BCUT2D eigenvalue weighted by Gasteiger charge is 2.14. The number of likely N-dealkylation sites (N-methyl/N-ethyl adjacent to an activating group) is 1. The van der Waals surface area contributed by atoms with Gasteiger partial charge in [0, 0.05) is 13.6 Å². The average molecular weight is 270 g/mol. The van der Waals surface area contributed by atoms with E-state index in [-0.39, 0.29) is 17.8 Å². The van der Waals surface area contributed by atoms with Crippen LogP contribution in [0.1, 0.15) is 17.3 Å². The van der Waals surface area contributed by atoms with E-state index in [9.17, 15) is 14.0 Å². The molecule has 0 radical (unpaired) electrons. The number of hydrogen-bond donors (Lipinski definition) is 3. The molecule has 0 saturated heterocycles. The molecule has 1 unspecified atom stereocenters. The molecule has 0 fully saturated rings. The number of carbonyl (C=O) groups is 2. The van der Waals surface area contributed by atoms with Gasteiger partial charge >= 0.3 is 12.0 Å². The van der Waals surface area contributed by atoms with Gasteiger partial charge in [-0.15, -0.1) is 0 Å². The summed E-state index contributed by atoms with van der Waals surface area (Å²) in [4.78, 5) is 23.6. The van der Waals surface area contributed by atoms with Crippen LogP contribution in [0.2, 0.25) is 0 Å². The molecular weight excluding hydrogens is 255 g/mol. The standard InChI is InChI=1S/C12H15FN2O4/c1-7(16)6-15(2)12(19)14-10-5-8(11(17)18)3-4-9(10)13/h3-5,7,16H,6H2,1-2H3,(H,14,19)(H,17,18). The Morgan fingerprint density at radius 2 is 2.11 bits per heavy atom. The van der Waals surface area contributed by atoms with Gasteiger partial charge in [-0.25, -0.2) is 14.0 Å². The fourth-order valence-electron chi connectivity index (χ4n) is 1.44. The first-order valence-electron chi connectivity index (χ1n) is 5.54. The lowest BCUT2D eigenvalue weighted by Crippen LogP contribution is -2.36. The molecular formula is C12H15FN2O4. The molecule has 19 heavy (non-hydrogen) atoms. The second-order valence-corrected chi connectivity index (χ2v) is 4.16. The predicted molar refractivity (Wildman–Crippen MR) is 66.7 cm³/mol. The summed E-state index contributed by atoms with van der Waals surface area (Å²) < 4.78 is 13.4. The smallest absolute Gasteiger partial charge is 0.335 e. The van der Waals surface area contributed by atoms with Crippen LogP contribution in [0.3, 0.4) is 0 Å². The largest absolute Gasteiger partial charge is 0.478 e. The highest BCUT2D eigenvalue weighted by Crippen LogP contribution is 2.16. The summed E-state index contributed by atoms with van der Waals surface area (Å²) in [5.41, 5.74) is -0.350. The monoisotopic (exact) mass is 270 g/mol. The van der Waals surface area contributed by atoms with Crippen molar-refractivity contribution in [2.75, 3.05) is 18.9 Å². The van der Waals surface area contributed by atoms with E-state index in [0.29, 0.717) is 0 Å². The first kappa shape index (κ1) is 14.9. The summed E-state index contributed by atoms with van der Waals surface area (Å²) in [6.45, 7) is 1.58. The van der Waals surface area contributed by atoms with Gasteiger partial charge in [0.2, 0.25) is 0 Å². The van der Waals surface area contributed by atoms with Crippen molar-refractivity contribution < 1.29 is 24.2 Å². The quantitative estimate of drug-likeness (QED) is 0.770. The number of carboxylic acids is 1. The van der Waals surface area contributed by atoms with Crippen molar-refractivity contribution >= 4 is 17.7 Å². The van der Waals surface area contributed by atoms with Gasteiger partial charge in [-0.3, -0.25) is 0 Å². The van der Waals surface area contributed by atoms with Crippen molar-refractivity contribution in [1.29, 1.82) is 0 Å². The summed E-state index contributed by atoms with van der Waals surface area (Å²) in [7, 11) is 1.43. The molecule has 7 heteroatoms. The maximum absolute atomic E-state index is 13.4. The zero-order chi connectivity index (χ0) is 14.6. The Balaban J connectivity index is 2.84. The summed E-state index contributed by atoms with van der Waals surface area (Å²) in [6.07, 6.45) is -0.717. The summed E-state index contributed by atoms with van der Waals surface area (Å²) in [5, 5.41) is 20.2. The zero-order valence-electron chi connectivity index (χ0n) is 10.6. The third-order valence-corrected chi connectivity index (χ3v) is 2.34. The number of amides is 2. The Morgan fingerprint density at radius 1 is 1.47 bits per heavy atom. The van der Waals surface area contributed by atoms with E-state index in [2.05, 4.69) is 5.32 Å². The first-order valence-corrected chi connectivity index (χ1v) is 5.54. The molecule has 0 saturated carbocycles. The fourth-order valence-corrected chi connectivity index (χ4v) is 1.44. The summed E-state index contributed by atoms with van der Waals surface area (Å²) in [6, 6.07) is 2.47. The van der Waals surface area contributed by atoms with E-state index in [1.165, 1.54) is 14.0 Å². The van der Waals surface area contributed by atoms with Gasteiger partial charge in [-0.05, 0) is 25.1 Å².